The molecule has 1 aliphatic rings. The Morgan fingerprint density at radius 2 is 2.17 bits per heavy atom. The van der Waals surface area contributed by atoms with Crippen molar-refractivity contribution in [3.8, 4) is 11.5 Å². The van der Waals surface area contributed by atoms with Gasteiger partial charge in [-0.05, 0) is 37.6 Å². The Balaban J connectivity index is 1.84. The number of fused-ring (bicyclic) bond motifs is 1. The van der Waals surface area contributed by atoms with E-state index in [9.17, 15) is 4.79 Å². The molecule has 1 N–H and O–H groups in total. The number of nitrogens with zero attached hydrogens (tertiary/aromatic N) is 1. The summed E-state index contributed by atoms with van der Waals surface area (Å²) in [5, 5.41) is 2.94. The zero-order valence-electron chi connectivity index (χ0n) is 14.1. The van der Waals surface area contributed by atoms with Crippen molar-refractivity contribution in [2.24, 2.45) is 0 Å². The summed E-state index contributed by atoms with van der Waals surface area (Å²) in [4.78, 5) is 13.9. The first-order valence-corrected chi connectivity index (χ1v) is 8.02. The van der Waals surface area contributed by atoms with E-state index in [1.165, 1.54) is 5.56 Å². The van der Waals surface area contributed by atoms with Crippen LogP contribution in [0.4, 0.5) is 0 Å². The van der Waals surface area contributed by atoms with Gasteiger partial charge in [-0.15, -0.1) is 0 Å². The highest BCUT2D eigenvalue weighted by atomic mass is 16.7. The summed E-state index contributed by atoms with van der Waals surface area (Å²) in [5.41, 5.74) is 1.20. The molecule has 0 spiro atoms. The van der Waals surface area contributed by atoms with Crippen molar-refractivity contribution in [3.63, 3.8) is 0 Å². The van der Waals surface area contributed by atoms with Crippen molar-refractivity contribution in [1.82, 2.24) is 10.2 Å². The number of amides is 1. The van der Waals surface area contributed by atoms with Gasteiger partial charge in [-0.1, -0.05) is 13.0 Å². The van der Waals surface area contributed by atoms with Crippen molar-refractivity contribution in [3.05, 3.63) is 23.8 Å². The Bertz CT molecular complexity index is 521. The van der Waals surface area contributed by atoms with Gasteiger partial charge in [-0.3, -0.25) is 9.69 Å². The van der Waals surface area contributed by atoms with Crippen molar-refractivity contribution >= 4 is 5.91 Å². The molecule has 0 radical (unpaired) electrons. The van der Waals surface area contributed by atoms with Gasteiger partial charge in [0.2, 0.25) is 12.7 Å². The van der Waals surface area contributed by atoms with Crippen LogP contribution in [0.15, 0.2) is 18.2 Å². The first-order valence-electron chi connectivity index (χ1n) is 8.02. The van der Waals surface area contributed by atoms with Gasteiger partial charge in [-0.2, -0.15) is 0 Å². The second-order valence-corrected chi connectivity index (χ2v) is 5.65. The molecule has 1 heterocycles. The van der Waals surface area contributed by atoms with Crippen LogP contribution in [0.1, 0.15) is 25.8 Å². The highest BCUT2D eigenvalue weighted by Crippen LogP contribution is 2.32. The van der Waals surface area contributed by atoms with E-state index in [1.54, 1.807) is 7.11 Å². The first-order chi connectivity index (χ1) is 11.1. The number of hydrogen-bond acceptors (Lipinski definition) is 5. The normalized spacial score (nSPS) is 14.1. The number of hydrogen-bond donors (Lipinski definition) is 1. The number of ether oxygens (including phenoxy) is 3. The molecule has 1 atom stereocenters. The minimum Gasteiger partial charge on any atom is -0.454 e. The number of rotatable bonds is 9. The van der Waals surface area contributed by atoms with Gasteiger partial charge >= 0.3 is 0 Å². The van der Waals surface area contributed by atoms with Gasteiger partial charge in [0.15, 0.2) is 11.5 Å². The molecular formula is C17H26N2O4. The molecular weight excluding hydrogens is 296 g/mol. The maximum atomic E-state index is 11.7. The Morgan fingerprint density at radius 3 is 2.91 bits per heavy atom. The molecule has 1 aliphatic heterocycles. The van der Waals surface area contributed by atoms with Gasteiger partial charge in [0, 0.05) is 19.6 Å². The summed E-state index contributed by atoms with van der Waals surface area (Å²) >= 11 is 0. The monoisotopic (exact) mass is 322 g/mol. The van der Waals surface area contributed by atoms with Gasteiger partial charge in [0.05, 0.1) is 13.3 Å². The third kappa shape index (κ3) is 5.11. The second kappa shape index (κ2) is 8.74. The third-order valence-corrected chi connectivity index (χ3v) is 4.01. The summed E-state index contributed by atoms with van der Waals surface area (Å²) in [6.07, 6.45) is 1.28. The Kier molecular flexibility index (Phi) is 6.67. The molecule has 0 aromatic heterocycles. The molecule has 0 bridgehead atoms. The Hall–Kier alpha value is -1.79. The SMILES string of the molecule is CCN(CNC(=O)CCOC)C(C)Cc1ccc2c(c1)OCO2. The fourth-order valence-corrected chi connectivity index (χ4v) is 2.59. The molecule has 1 aromatic carbocycles. The van der Waals surface area contributed by atoms with E-state index >= 15 is 0 Å². The third-order valence-electron chi connectivity index (χ3n) is 4.01. The highest BCUT2D eigenvalue weighted by Gasteiger charge is 2.17. The zero-order valence-corrected chi connectivity index (χ0v) is 14.1. The number of methoxy groups -OCH3 is 1. The predicted molar refractivity (Wildman–Crippen MR) is 87.6 cm³/mol. The van der Waals surface area contributed by atoms with Crippen molar-refractivity contribution in [1.29, 1.82) is 0 Å². The van der Waals surface area contributed by atoms with Gasteiger partial charge in [-0.25, -0.2) is 0 Å². The van der Waals surface area contributed by atoms with E-state index in [-0.39, 0.29) is 5.91 Å². The average molecular weight is 322 g/mol. The lowest BCUT2D eigenvalue weighted by atomic mass is 10.1. The van der Waals surface area contributed by atoms with E-state index in [4.69, 9.17) is 14.2 Å². The van der Waals surface area contributed by atoms with E-state index in [0.29, 0.717) is 32.5 Å². The standard InChI is InChI=1S/C17H26N2O4/c1-4-19(11-18-17(20)7-8-21-3)13(2)9-14-5-6-15-16(10-14)23-12-22-15/h5-6,10,13H,4,7-9,11-12H2,1-3H3,(H,18,20). The van der Waals surface area contributed by atoms with E-state index in [2.05, 4.69) is 30.1 Å². The Labute approximate surface area is 137 Å². The molecule has 0 fully saturated rings. The van der Waals surface area contributed by atoms with Crippen LogP contribution >= 0.6 is 0 Å². The maximum Gasteiger partial charge on any atom is 0.231 e. The molecule has 1 aromatic rings. The molecule has 1 amide bonds. The summed E-state index contributed by atoms with van der Waals surface area (Å²) in [5.74, 6) is 1.63. The number of likely N-dealkylation sites (N-methyl/N-ethyl adjacent to an activating group) is 1. The van der Waals surface area contributed by atoms with Gasteiger partial charge in [0.1, 0.15) is 0 Å². The topological polar surface area (TPSA) is 60.0 Å². The molecule has 128 valence electrons. The highest BCUT2D eigenvalue weighted by molar-refractivity contribution is 5.75. The second-order valence-electron chi connectivity index (χ2n) is 5.65. The molecule has 0 saturated heterocycles. The quantitative estimate of drug-likeness (QED) is 0.702. The van der Waals surface area contributed by atoms with Crippen molar-refractivity contribution < 1.29 is 19.0 Å². The molecule has 6 nitrogen and oxygen atoms in total. The summed E-state index contributed by atoms with van der Waals surface area (Å²) < 4.78 is 15.7. The summed E-state index contributed by atoms with van der Waals surface area (Å²) in [7, 11) is 1.60. The predicted octanol–water partition coefficient (Wildman–Crippen LogP) is 1.78. The zero-order chi connectivity index (χ0) is 16.7. The molecule has 2 rings (SSSR count). The largest absolute Gasteiger partial charge is 0.454 e. The number of nitrogens with one attached hydrogen (secondary N) is 1. The number of carbonyl (C=O) groups is 1. The fourth-order valence-electron chi connectivity index (χ4n) is 2.59. The molecule has 0 aliphatic carbocycles. The van der Waals surface area contributed by atoms with E-state index in [0.717, 1.165) is 24.5 Å². The fraction of sp³-hybridized carbons (Fsp3) is 0.588. The minimum absolute atomic E-state index is 0.0144. The van der Waals surface area contributed by atoms with E-state index < -0.39 is 0 Å². The number of benzene rings is 1. The average Bonchev–Trinajstić information content (AvgIpc) is 3.01. The number of carbonyl (C=O) groups excluding carboxylic acids is 1. The Morgan fingerprint density at radius 1 is 1.39 bits per heavy atom. The maximum absolute atomic E-state index is 11.7. The van der Waals surface area contributed by atoms with Gasteiger partial charge in [0.25, 0.3) is 0 Å². The van der Waals surface area contributed by atoms with Crippen LogP contribution in [0, 0.1) is 0 Å². The summed E-state index contributed by atoms with van der Waals surface area (Å²) in [6, 6.07) is 6.36. The van der Waals surface area contributed by atoms with Crippen LogP contribution in [-0.2, 0) is 16.0 Å². The smallest absolute Gasteiger partial charge is 0.231 e. The lowest BCUT2D eigenvalue weighted by Crippen LogP contribution is -2.43. The molecule has 1 unspecified atom stereocenters. The van der Waals surface area contributed by atoms with Gasteiger partial charge < -0.3 is 19.5 Å². The minimum atomic E-state index is 0.0144. The van der Waals surface area contributed by atoms with Crippen molar-refractivity contribution in [2.45, 2.75) is 32.7 Å². The van der Waals surface area contributed by atoms with Crippen LogP contribution in [0.2, 0.25) is 0 Å². The van der Waals surface area contributed by atoms with Crippen LogP contribution < -0.4 is 14.8 Å². The van der Waals surface area contributed by atoms with Crippen LogP contribution in [0.3, 0.4) is 0 Å². The van der Waals surface area contributed by atoms with Crippen LogP contribution in [-0.4, -0.2) is 50.6 Å². The molecule has 0 saturated carbocycles. The first kappa shape index (κ1) is 17.6. The molecule has 23 heavy (non-hydrogen) atoms. The van der Waals surface area contributed by atoms with Crippen LogP contribution in [0.5, 0.6) is 11.5 Å². The van der Waals surface area contributed by atoms with Crippen molar-refractivity contribution in [2.75, 3.05) is 33.7 Å². The summed E-state index contributed by atoms with van der Waals surface area (Å²) in [6.45, 7) is 6.42. The van der Waals surface area contributed by atoms with E-state index in [1.807, 2.05) is 12.1 Å². The van der Waals surface area contributed by atoms with Crippen LogP contribution in [0.25, 0.3) is 0 Å². The molecule has 6 heteroatoms. The lowest BCUT2D eigenvalue weighted by Gasteiger charge is -2.28. The lowest BCUT2D eigenvalue weighted by molar-refractivity contribution is -0.122.